The topological polar surface area (TPSA) is 9.23 Å². The van der Waals surface area contributed by atoms with Crippen molar-refractivity contribution >= 4 is 0 Å². The zero-order chi connectivity index (χ0) is 27.8. The van der Waals surface area contributed by atoms with Crippen molar-refractivity contribution in [3.05, 3.63) is 113 Å². The highest BCUT2D eigenvalue weighted by Crippen LogP contribution is 2.39. The maximum absolute atomic E-state index is 14.8. The number of alkyl halides is 2. The van der Waals surface area contributed by atoms with Gasteiger partial charge in [-0.25, -0.2) is 30.7 Å². The molecule has 0 amide bonds. The number of aryl methyl sites for hydroxylation is 1. The molecule has 0 atom stereocenters. The summed E-state index contributed by atoms with van der Waals surface area (Å²) in [6.07, 6.45) is -3.42. The summed E-state index contributed by atoms with van der Waals surface area (Å²) in [4.78, 5) is 0. The third-order valence-corrected chi connectivity index (χ3v) is 5.73. The van der Waals surface area contributed by atoms with Crippen molar-refractivity contribution in [2.45, 2.75) is 25.9 Å². The highest BCUT2D eigenvalue weighted by molar-refractivity contribution is 5.71. The fraction of sp³-hybridized carbons (Fsp3) is 0.143. The van der Waals surface area contributed by atoms with Crippen molar-refractivity contribution in [3.8, 4) is 28.0 Å². The molecule has 0 heterocycles. The molecular formula is C28H17F9O. The summed E-state index contributed by atoms with van der Waals surface area (Å²) in [5, 5.41) is 0. The highest BCUT2D eigenvalue weighted by Gasteiger charge is 2.43. The molecule has 0 N–H and O–H groups in total. The summed E-state index contributed by atoms with van der Waals surface area (Å²) in [5.41, 5.74) is -1.57. The van der Waals surface area contributed by atoms with Crippen LogP contribution in [-0.2, 0) is 12.5 Å². The average molecular weight is 540 g/mol. The predicted octanol–water partition coefficient (Wildman–Crippen LogP) is 9.08. The van der Waals surface area contributed by atoms with Crippen LogP contribution in [0.1, 0.15) is 24.5 Å². The summed E-state index contributed by atoms with van der Waals surface area (Å²) in [6, 6.07) is 10.2. The van der Waals surface area contributed by atoms with Crippen molar-refractivity contribution in [2.24, 2.45) is 0 Å². The zero-order valence-electron chi connectivity index (χ0n) is 19.5. The number of halogens is 9. The molecule has 0 aliphatic carbocycles. The van der Waals surface area contributed by atoms with Gasteiger partial charge in [0.15, 0.2) is 29.1 Å². The molecule has 0 aliphatic rings. The largest absolute Gasteiger partial charge is 0.432 e. The lowest BCUT2D eigenvalue weighted by Crippen LogP contribution is -2.26. The SMILES string of the molecule is CCCc1ccc(-c2ccc(-c3cc(F)c(C(F)(F)Oc4cc(F)c(F)c(F)c4)c(F)c3F)cc2)c(F)c1. The third kappa shape index (κ3) is 5.20. The van der Waals surface area contributed by atoms with Gasteiger partial charge in [-0.1, -0.05) is 49.7 Å². The van der Waals surface area contributed by atoms with E-state index in [1.807, 2.05) is 6.92 Å². The van der Waals surface area contributed by atoms with Gasteiger partial charge in [0.05, 0.1) is 0 Å². The standard InChI is InChI=1S/C28H17F9O/c1-2-3-14-4-9-18(20(29)10-14)15-5-7-16(8-6-15)19-13-21(30)24(27(35)25(19)33)28(36,37)38-17-11-22(31)26(34)23(32)12-17/h4-13H,2-3H2,1H3. The lowest BCUT2D eigenvalue weighted by molar-refractivity contribution is -0.190. The highest BCUT2D eigenvalue weighted by atomic mass is 19.3. The minimum absolute atomic E-state index is 0.0363. The lowest BCUT2D eigenvalue weighted by Gasteiger charge is -2.20. The van der Waals surface area contributed by atoms with E-state index in [0.29, 0.717) is 18.1 Å². The Balaban J connectivity index is 1.66. The molecule has 0 spiro atoms. The van der Waals surface area contributed by atoms with E-state index in [1.165, 1.54) is 30.3 Å². The van der Waals surface area contributed by atoms with E-state index >= 15 is 0 Å². The van der Waals surface area contributed by atoms with E-state index in [-0.39, 0.29) is 23.3 Å². The summed E-state index contributed by atoms with van der Waals surface area (Å²) in [7, 11) is 0. The van der Waals surface area contributed by atoms with Crippen LogP contribution in [0.3, 0.4) is 0 Å². The smallest absolute Gasteiger partial charge is 0.429 e. The molecule has 0 radical (unpaired) electrons. The number of ether oxygens (including phenoxy) is 1. The first kappa shape index (κ1) is 27.1. The van der Waals surface area contributed by atoms with Crippen LogP contribution in [-0.4, -0.2) is 0 Å². The van der Waals surface area contributed by atoms with Crippen LogP contribution in [0.2, 0.25) is 0 Å². The van der Waals surface area contributed by atoms with Gasteiger partial charge in [-0.05, 0) is 35.2 Å². The second-order valence-electron chi connectivity index (χ2n) is 8.37. The molecule has 4 aromatic rings. The fourth-order valence-electron chi connectivity index (χ4n) is 3.93. The van der Waals surface area contributed by atoms with Gasteiger partial charge in [-0.15, -0.1) is 0 Å². The van der Waals surface area contributed by atoms with Gasteiger partial charge in [0, 0.05) is 23.3 Å². The third-order valence-electron chi connectivity index (χ3n) is 5.73. The van der Waals surface area contributed by atoms with E-state index < -0.39 is 63.7 Å². The molecule has 38 heavy (non-hydrogen) atoms. The summed E-state index contributed by atoms with van der Waals surface area (Å²) in [6.45, 7) is 1.95. The molecule has 0 saturated carbocycles. The summed E-state index contributed by atoms with van der Waals surface area (Å²) >= 11 is 0. The number of rotatable bonds is 7. The van der Waals surface area contributed by atoms with Crippen LogP contribution in [0.25, 0.3) is 22.3 Å². The van der Waals surface area contributed by atoms with Gasteiger partial charge < -0.3 is 4.74 Å². The molecule has 0 fully saturated rings. The monoisotopic (exact) mass is 540 g/mol. The second kappa shape index (κ2) is 10.4. The molecule has 4 rings (SSSR count). The second-order valence-corrected chi connectivity index (χ2v) is 8.37. The average Bonchev–Trinajstić information content (AvgIpc) is 2.85. The van der Waals surface area contributed by atoms with Crippen LogP contribution in [0.15, 0.2) is 60.7 Å². The van der Waals surface area contributed by atoms with Crippen LogP contribution in [0.4, 0.5) is 39.5 Å². The predicted molar refractivity (Wildman–Crippen MR) is 122 cm³/mol. The van der Waals surface area contributed by atoms with Gasteiger partial charge in [-0.2, -0.15) is 8.78 Å². The Morgan fingerprint density at radius 2 is 1.18 bits per heavy atom. The quantitative estimate of drug-likeness (QED) is 0.129. The lowest BCUT2D eigenvalue weighted by atomic mass is 9.97. The first-order valence-electron chi connectivity index (χ1n) is 11.2. The molecule has 0 bridgehead atoms. The van der Waals surface area contributed by atoms with E-state index in [4.69, 9.17) is 0 Å². The Morgan fingerprint density at radius 1 is 0.605 bits per heavy atom. The zero-order valence-corrected chi connectivity index (χ0v) is 19.5. The van der Waals surface area contributed by atoms with E-state index in [2.05, 4.69) is 4.74 Å². The number of benzene rings is 4. The normalized spacial score (nSPS) is 11.6. The van der Waals surface area contributed by atoms with E-state index in [1.54, 1.807) is 12.1 Å². The van der Waals surface area contributed by atoms with Gasteiger partial charge in [0.25, 0.3) is 0 Å². The Morgan fingerprint density at radius 3 is 1.74 bits per heavy atom. The molecule has 0 saturated heterocycles. The van der Waals surface area contributed by atoms with Crippen LogP contribution < -0.4 is 4.74 Å². The Kier molecular flexibility index (Phi) is 7.44. The maximum atomic E-state index is 14.8. The van der Waals surface area contributed by atoms with Gasteiger partial charge in [0.2, 0.25) is 0 Å². The number of hydrogen-bond acceptors (Lipinski definition) is 1. The molecule has 4 aromatic carbocycles. The molecular weight excluding hydrogens is 523 g/mol. The van der Waals surface area contributed by atoms with Gasteiger partial charge >= 0.3 is 6.11 Å². The minimum atomic E-state index is -4.93. The Bertz CT molecular complexity index is 1470. The van der Waals surface area contributed by atoms with Crippen molar-refractivity contribution in [2.75, 3.05) is 0 Å². The minimum Gasteiger partial charge on any atom is -0.429 e. The first-order valence-corrected chi connectivity index (χ1v) is 11.2. The van der Waals surface area contributed by atoms with E-state index in [0.717, 1.165) is 12.0 Å². The summed E-state index contributed by atoms with van der Waals surface area (Å²) < 4.78 is 132. The van der Waals surface area contributed by atoms with Gasteiger partial charge in [-0.3, -0.25) is 0 Å². The van der Waals surface area contributed by atoms with Crippen molar-refractivity contribution in [1.82, 2.24) is 0 Å². The van der Waals surface area contributed by atoms with Crippen molar-refractivity contribution in [3.63, 3.8) is 0 Å². The fourth-order valence-corrected chi connectivity index (χ4v) is 3.93. The van der Waals surface area contributed by atoms with Crippen molar-refractivity contribution in [1.29, 1.82) is 0 Å². The Labute approximate surface area is 211 Å². The first-order chi connectivity index (χ1) is 17.9. The number of hydrogen-bond donors (Lipinski definition) is 0. The molecule has 10 heteroatoms. The molecule has 0 aromatic heterocycles. The van der Waals surface area contributed by atoms with Crippen LogP contribution in [0, 0.1) is 40.7 Å². The molecule has 0 aliphatic heterocycles. The molecule has 1 nitrogen and oxygen atoms in total. The van der Waals surface area contributed by atoms with Crippen LogP contribution in [0.5, 0.6) is 5.75 Å². The summed E-state index contributed by atoms with van der Waals surface area (Å²) in [5.74, 6) is -13.6. The van der Waals surface area contributed by atoms with Gasteiger partial charge in [0.1, 0.15) is 22.9 Å². The Hall–Kier alpha value is -3.95. The van der Waals surface area contributed by atoms with Crippen molar-refractivity contribution < 1.29 is 44.3 Å². The van der Waals surface area contributed by atoms with E-state index in [9.17, 15) is 39.5 Å². The molecule has 198 valence electrons. The maximum Gasteiger partial charge on any atom is 0.432 e. The van der Waals surface area contributed by atoms with Crippen LogP contribution >= 0.6 is 0 Å². The molecule has 0 unspecified atom stereocenters.